The highest BCUT2D eigenvalue weighted by atomic mass is 15.3. The summed E-state index contributed by atoms with van der Waals surface area (Å²) in [4.78, 5) is 23.6. The molecule has 2 aromatic heterocycles. The summed E-state index contributed by atoms with van der Waals surface area (Å²) in [5.41, 5.74) is 3.57. The Morgan fingerprint density at radius 1 is 0.861 bits per heavy atom. The van der Waals surface area contributed by atoms with Crippen molar-refractivity contribution in [3.63, 3.8) is 0 Å². The molecule has 190 valence electrons. The Morgan fingerprint density at radius 3 is 2.19 bits per heavy atom. The van der Waals surface area contributed by atoms with E-state index in [0.29, 0.717) is 12.1 Å². The highest BCUT2D eigenvalue weighted by Gasteiger charge is 2.28. The standard InChI is InChI=1S/C29H39N7/c1-23(2)34-20-13-27(14-21-34)36(29-31-17-12-28(32-29)35-18-4-5-19-35)22-24-6-8-25(9-7-24)33(3)26-10-15-30-16-11-26/h6-12,15-17,23,27H,4-5,13-14,18-22H2,1-3H3. The van der Waals surface area contributed by atoms with Crippen molar-refractivity contribution in [1.29, 1.82) is 0 Å². The lowest BCUT2D eigenvalue weighted by atomic mass is 10.0. The Bertz CT molecular complexity index is 1090. The van der Waals surface area contributed by atoms with Crippen LogP contribution in [0.4, 0.5) is 23.1 Å². The van der Waals surface area contributed by atoms with Crippen LogP contribution < -0.4 is 14.7 Å². The molecule has 2 aliphatic heterocycles. The molecule has 0 saturated carbocycles. The van der Waals surface area contributed by atoms with E-state index in [9.17, 15) is 0 Å². The van der Waals surface area contributed by atoms with E-state index in [2.05, 4.69) is 75.8 Å². The Balaban J connectivity index is 1.37. The fourth-order valence-electron chi connectivity index (χ4n) is 5.42. The monoisotopic (exact) mass is 485 g/mol. The predicted molar refractivity (Wildman–Crippen MR) is 148 cm³/mol. The van der Waals surface area contributed by atoms with Crippen molar-refractivity contribution in [2.45, 2.75) is 58.2 Å². The van der Waals surface area contributed by atoms with Gasteiger partial charge in [-0.1, -0.05) is 12.1 Å². The summed E-state index contributed by atoms with van der Waals surface area (Å²) >= 11 is 0. The number of hydrogen-bond donors (Lipinski definition) is 0. The van der Waals surface area contributed by atoms with Crippen LogP contribution in [0, 0.1) is 0 Å². The van der Waals surface area contributed by atoms with Gasteiger partial charge in [-0.3, -0.25) is 4.98 Å². The second-order valence-corrected chi connectivity index (χ2v) is 10.3. The van der Waals surface area contributed by atoms with Crippen molar-refractivity contribution >= 4 is 23.1 Å². The zero-order chi connectivity index (χ0) is 24.9. The molecule has 2 aliphatic rings. The molecule has 0 radical (unpaired) electrons. The first-order chi connectivity index (χ1) is 17.6. The maximum atomic E-state index is 5.08. The molecule has 7 heteroatoms. The molecular formula is C29H39N7. The van der Waals surface area contributed by atoms with E-state index in [0.717, 1.165) is 68.7 Å². The van der Waals surface area contributed by atoms with Gasteiger partial charge in [0.15, 0.2) is 0 Å². The van der Waals surface area contributed by atoms with Crippen molar-refractivity contribution in [3.8, 4) is 0 Å². The van der Waals surface area contributed by atoms with E-state index >= 15 is 0 Å². The van der Waals surface area contributed by atoms with Crippen molar-refractivity contribution in [2.24, 2.45) is 0 Å². The average molecular weight is 486 g/mol. The fraction of sp³-hybridized carbons (Fsp3) is 0.483. The summed E-state index contributed by atoms with van der Waals surface area (Å²) in [7, 11) is 2.09. The number of aromatic nitrogens is 3. The summed E-state index contributed by atoms with van der Waals surface area (Å²) in [5.74, 6) is 1.93. The van der Waals surface area contributed by atoms with Crippen molar-refractivity contribution in [2.75, 3.05) is 47.9 Å². The van der Waals surface area contributed by atoms with Crippen LogP contribution in [0.25, 0.3) is 0 Å². The summed E-state index contributed by atoms with van der Waals surface area (Å²) in [6.07, 6.45) is 10.4. The molecule has 0 spiro atoms. The molecule has 0 N–H and O–H groups in total. The second kappa shape index (κ2) is 11.2. The van der Waals surface area contributed by atoms with Crippen LogP contribution in [0.15, 0.2) is 61.1 Å². The van der Waals surface area contributed by atoms with Crippen LogP contribution in [-0.2, 0) is 6.54 Å². The summed E-state index contributed by atoms with van der Waals surface area (Å²) in [6.45, 7) is 9.84. The van der Waals surface area contributed by atoms with Gasteiger partial charge < -0.3 is 19.6 Å². The number of piperidine rings is 1. The molecule has 36 heavy (non-hydrogen) atoms. The minimum Gasteiger partial charge on any atom is -0.356 e. The lowest BCUT2D eigenvalue weighted by molar-refractivity contribution is 0.169. The van der Waals surface area contributed by atoms with Gasteiger partial charge in [-0.05, 0) is 75.4 Å². The van der Waals surface area contributed by atoms with E-state index in [1.807, 2.05) is 30.7 Å². The summed E-state index contributed by atoms with van der Waals surface area (Å²) < 4.78 is 0. The van der Waals surface area contributed by atoms with Crippen molar-refractivity contribution in [1.82, 2.24) is 19.9 Å². The minimum atomic E-state index is 0.438. The number of pyridine rings is 1. The first kappa shape index (κ1) is 24.5. The molecule has 1 aromatic carbocycles. The largest absolute Gasteiger partial charge is 0.356 e. The maximum Gasteiger partial charge on any atom is 0.227 e. The zero-order valence-electron chi connectivity index (χ0n) is 21.9. The van der Waals surface area contributed by atoms with Crippen molar-refractivity contribution < 1.29 is 0 Å². The first-order valence-corrected chi connectivity index (χ1v) is 13.4. The topological polar surface area (TPSA) is 51.6 Å². The molecule has 0 unspecified atom stereocenters. The number of likely N-dealkylation sites (tertiary alicyclic amines) is 1. The normalized spacial score (nSPS) is 17.1. The predicted octanol–water partition coefficient (Wildman–Crippen LogP) is 5.12. The molecule has 0 aliphatic carbocycles. The third kappa shape index (κ3) is 5.62. The molecular weight excluding hydrogens is 446 g/mol. The fourth-order valence-corrected chi connectivity index (χ4v) is 5.42. The van der Waals surface area contributed by atoms with Gasteiger partial charge in [0.1, 0.15) is 5.82 Å². The molecule has 0 atom stereocenters. The quantitative estimate of drug-likeness (QED) is 0.439. The number of benzene rings is 1. The van der Waals surface area contributed by atoms with Gasteiger partial charge in [-0.2, -0.15) is 4.98 Å². The first-order valence-electron chi connectivity index (χ1n) is 13.4. The summed E-state index contributed by atoms with van der Waals surface area (Å²) in [5, 5.41) is 0. The Morgan fingerprint density at radius 2 is 1.53 bits per heavy atom. The third-order valence-electron chi connectivity index (χ3n) is 7.71. The van der Waals surface area contributed by atoms with Crippen LogP contribution >= 0.6 is 0 Å². The molecule has 5 rings (SSSR count). The van der Waals surface area contributed by atoms with Gasteiger partial charge in [0, 0.05) is 81.8 Å². The molecule has 3 aromatic rings. The lowest BCUT2D eigenvalue weighted by Gasteiger charge is -2.40. The molecule has 4 heterocycles. The number of nitrogens with zero attached hydrogens (tertiary/aromatic N) is 7. The SMILES string of the molecule is CC(C)N1CCC(N(Cc2ccc(N(C)c3ccncc3)cc2)c2nccc(N3CCCC3)n2)CC1. The van der Waals surface area contributed by atoms with Crippen LogP contribution in [-0.4, -0.2) is 65.2 Å². The van der Waals surface area contributed by atoms with Gasteiger partial charge in [0.2, 0.25) is 5.95 Å². The number of rotatable bonds is 8. The van der Waals surface area contributed by atoms with Gasteiger partial charge in [0.05, 0.1) is 0 Å². The Kier molecular flexibility index (Phi) is 7.66. The lowest BCUT2D eigenvalue weighted by Crippen LogP contribution is -2.47. The van der Waals surface area contributed by atoms with Gasteiger partial charge >= 0.3 is 0 Å². The molecule has 7 nitrogen and oxygen atoms in total. The molecule has 0 amide bonds. The molecule has 2 fully saturated rings. The van der Waals surface area contributed by atoms with E-state index < -0.39 is 0 Å². The number of anilines is 4. The minimum absolute atomic E-state index is 0.438. The molecule has 2 saturated heterocycles. The van der Waals surface area contributed by atoms with Gasteiger partial charge in [-0.15, -0.1) is 0 Å². The van der Waals surface area contributed by atoms with Crippen molar-refractivity contribution in [3.05, 3.63) is 66.6 Å². The second-order valence-electron chi connectivity index (χ2n) is 10.3. The smallest absolute Gasteiger partial charge is 0.227 e. The van der Waals surface area contributed by atoms with E-state index in [1.54, 1.807) is 0 Å². The van der Waals surface area contributed by atoms with E-state index in [4.69, 9.17) is 9.97 Å². The van der Waals surface area contributed by atoms with Crippen LogP contribution in [0.2, 0.25) is 0 Å². The van der Waals surface area contributed by atoms with E-state index in [1.165, 1.54) is 18.4 Å². The average Bonchev–Trinajstić information content (AvgIpc) is 3.48. The van der Waals surface area contributed by atoms with Crippen LogP contribution in [0.5, 0.6) is 0 Å². The van der Waals surface area contributed by atoms with Gasteiger partial charge in [0.25, 0.3) is 0 Å². The highest BCUT2D eigenvalue weighted by Crippen LogP contribution is 2.28. The Hall–Kier alpha value is -3.19. The van der Waals surface area contributed by atoms with Crippen LogP contribution in [0.1, 0.15) is 45.1 Å². The van der Waals surface area contributed by atoms with E-state index in [-0.39, 0.29) is 0 Å². The number of hydrogen-bond acceptors (Lipinski definition) is 7. The van der Waals surface area contributed by atoms with Gasteiger partial charge in [-0.25, -0.2) is 4.98 Å². The Labute approximate surface area is 215 Å². The third-order valence-corrected chi connectivity index (χ3v) is 7.71. The maximum absolute atomic E-state index is 5.08. The molecule has 0 bridgehead atoms. The zero-order valence-corrected chi connectivity index (χ0v) is 21.9. The van der Waals surface area contributed by atoms with Crippen LogP contribution in [0.3, 0.4) is 0 Å². The summed E-state index contributed by atoms with van der Waals surface area (Å²) in [6, 6.07) is 16.1. The highest BCUT2D eigenvalue weighted by molar-refractivity contribution is 5.62.